The van der Waals surface area contributed by atoms with E-state index in [1.807, 2.05) is 0 Å². The Balaban J connectivity index is 2.14. The van der Waals surface area contributed by atoms with Gasteiger partial charge < -0.3 is 8.85 Å². The lowest BCUT2D eigenvalue weighted by Gasteiger charge is -2.23. The molecule has 0 aliphatic carbocycles. The molecule has 0 saturated carbocycles. The van der Waals surface area contributed by atoms with E-state index in [0.717, 1.165) is 12.1 Å². The van der Waals surface area contributed by atoms with E-state index in [2.05, 4.69) is 0 Å². The Hall–Kier alpha value is -1.46. The SMILES string of the molecule is C[Si](C)(OCc1cc(Cl)c(Cl)cc1[N+](=O)[O-])OCc1cc(Cl)c(Cl)cc1[N+](=O)[O-]. The molecule has 0 heterocycles. The largest absolute Gasteiger partial charge is 0.390 e. The zero-order valence-electron chi connectivity index (χ0n) is 15.1. The minimum atomic E-state index is -2.84. The third-order valence-corrected chi connectivity index (χ3v) is 6.91. The van der Waals surface area contributed by atoms with E-state index >= 15 is 0 Å². The highest BCUT2D eigenvalue weighted by atomic mass is 35.5. The van der Waals surface area contributed by atoms with Crippen molar-refractivity contribution in [3.05, 3.63) is 75.7 Å². The van der Waals surface area contributed by atoms with Crippen LogP contribution in [0.25, 0.3) is 0 Å². The standard InChI is InChI=1S/C16H14Cl4N2O6Si/c1-29(2,27-7-9-3-11(17)13(19)5-15(9)21(23)24)28-8-10-4-12(18)14(20)6-16(10)22(25)26/h3-6H,7-8H2,1-2H3. The van der Waals surface area contributed by atoms with E-state index in [9.17, 15) is 20.2 Å². The van der Waals surface area contributed by atoms with Crippen LogP contribution in [-0.2, 0) is 22.1 Å². The van der Waals surface area contributed by atoms with Crippen LogP contribution in [0.4, 0.5) is 11.4 Å². The fraction of sp³-hybridized carbons (Fsp3) is 0.250. The minimum Gasteiger partial charge on any atom is -0.390 e. The van der Waals surface area contributed by atoms with Crippen molar-refractivity contribution in [3.8, 4) is 0 Å². The summed E-state index contributed by atoms with van der Waals surface area (Å²) in [5, 5.41) is 22.9. The van der Waals surface area contributed by atoms with Crippen LogP contribution in [0.3, 0.4) is 0 Å². The van der Waals surface area contributed by atoms with Gasteiger partial charge in [-0.15, -0.1) is 0 Å². The Kier molecular flexibility index (Phi) is 7.85. The molecule has 0 atom stereocenters. The minimum absolute atomic E-state index is 0.0572. The van der Waals surface area contributed by atoms with Gasteiger partial charge in [-0.1, -0.05) is 46.4 Å². The molecule has 0 saturated heterocycles. The van der Waals surface area contributed by atoms with Gasteiger partial charge in [0, 0.05) is 12.1 Å². The van der Waals surface area contributed by atoms with Crippen molar-refractivity contribution in [3.63, 3.8) is 0 Å². The summed E-state index contributed by atoms with van der Waals surface area (Å²) in [6.45, 7) is 3.10. The molecular weight excluding hydrogens is 486 g/mol. The highest BCUT2D eigenvalue weighted by Crippen LogP contribution is 2.33. The second kappa shape index (κ2) is 9.56. The van der Waals surface area contributed by atoms with E-state index in [1.165, 1.54) is 12.1 Å². The summed E-state index contributed by atoms with van der Waals surface area (Å²) in [5.41, 5.74) is -0.00294. The van der Waals surface area contributed by atoms with Crippen molar-refractivity contribution in [2.24, 2.45) is 0 Å². The van der Waals surface area contributed by atoms with Crippen molar-refractivity contribution in [1.29, 1.82) is 0 Å². The molecule has 2 aromatic rings. The summed E-state index contributed by atoms with van der Waals surface area (Å²) < 4.78 is 11.5. The first-order chi connectivity index (χ1) is 13.4. The van der Waals surface area contributed by atoms with Crippen LogP contribution < -0.4 is 0 Å². The van der Waals surface area contributed by atoms with Crippen LogP contribution in [0.15, 0.2) is 24.3 Å². The number of benzene rings is 2. The molecule has 0 bridgehead atoms. The Morgan fingerprint density at radius 2 is 1.07 bits per heavy atom. The van der Waals surface area contributed by atoms with Gasteiger partial charge in [-0.3, -0.25) is 20.2 Å². The smallest absolute Gasteiger partial charge is 0.332 e. The molecule has 29 heavy (non-hydrogen) atoms. The molecule has 0 fully saturated rings. The molecule has 13 heteroatoms. The van der Waals surface area contributed by atoms with Crippen molar-refractivity contribution < 1.29 is 18.7 Å². The molecule has 0 aliphatic rings. The maximum Gasteiger partial charge on any atom is 0.332 e. The lowest BCUT2D eigenvalue weighted by molar-refractivity contribution is -0.385. The van der Waals surface area contributed by atoms with Crippen molar-refractivity contribution >= 4 is 66.3 Å². The van der Waals surface area contributed by atoms with Gasteiger partial charge in [-0.25, -0.2) is 0 Å². The molecule has 8 nitrogen and oxygen atoms in total. The monoisotopic (exact) mass is 498 g/mol. The molecule has 0 radical (unpaired) electrons. The number of halogens is 4. The molecule has 0 amide bonds. The first-order valence-electron chi connectivity index (χ1n) is 7.94. The first kappa shape index (κ1) is 23.8. The zero-order chi connectivity index (χ0) is 21.9. The van der Waals surface area contributed by atoms with Gasteiger partial charge in [-0.05, 0) is 25.2 Å². The fourth-order valence-electron chi connectivity index (χ4n) is 2.27. The number of nitro groups is 2. The van der Waals surface area contributed by atoms with Crippen molar-refractivity contribution in [1.82, 2.24) is 0 Å². The summed E-state index contributed by atoms with van der Waals surface area (Å²) in [5.74, 6) is 0. The number of rotatable bonds is 8. The predicted octanol–water partition coefficient (Wildman–Crippen LogP) is 6.55. The highest BCUT2D eigenvalue weighted by molar-refractivity contribution is 6.64. The Morgan fingerprint density at radius 1 is 0.759 bits per heavy atom. The molecular formula is C16H14Cl4N2O6Si. The average molecular weight is 500 g/mol. The second-order valence-corrected chi connectivity index (χ2v) is 11.3. The van der Waals surface area contributed by atoms with E-state index in [0.29, 0.717) is 0 Å². The van der Waals surface area contributed by atoms with Gasteiger partial charge in [0.1, 0.15) is 0 Å². The quantitative estimate of drug-likeness (QED) is 0.231. The second-order valence-electron chi connectivity index (χ2n) is 6.28. The predicted molar refractivity (Wildman–Crippen MR) is 113 cm³/mol. The van der Waals surface area contributed by atoms with E-state index in [-0.39, 0.29) is 55.8 Å². The van der Waals surface area contributed by atoms with Crippen LogP contribution in [0.5, 0.6) is 0 Å². The van der Waals surface area contributed by atoms with Crippen LogP contribution in [0.1, 0.15) is 11.1 Å². The molecule has 2 aromatic carbocycles. The average Bonchev–Trinajstić information content (AvgIpc) is 2.62. The Bertz CT molecular complexity index is 897. The maximum atomic E-state index is 11.2. The Labute approximate surface area is 186 Å². The van der Waals surface area contributed by atoms with E-state index < -0.39 is 18.4 Å². The van der Waals surface area contributed by atoms with Gasteiger partial charge in [-0.2, -0.15) is 0 Å². The fourth-order valence-corrected chi connectivity index (χ4v) is 4.05. The van der Waals surface area contributed by atoms with Crippen LogP contribution in [0.2, 0.25) is 33.2 Å². The number of hydrogen-bond donors (Lipinski definition) is 0. The summed E-state index contributed by atoms with van der Waals surface area (Å²) in [4.78, 5) is 21.3. The normalized spacial score (nSPS) is 11.5. The third-order valence-electron chi connectivity index (χ3n) is 3.79. The summed E-state index contributed by atoms with van der Waals surface area (Å²) in [6, 6.07) is 5.01. The highest BCUT2D eigenvalue weighted by Gasteiger charge is 2.28. The van der Waals surface area contributed by atoms with Crippen molar-refractivity contribution in [2.75, 3.05) is 0 Å². The lowest BCUT2D eigenvalue weighted by Crippen LogP contribution is -2.34. The van der Waals surface area contributed by atoms with Gasteiger partial charge in [0.15, 0.2) is 0 Å². The molecule has 0 unspecified atom stereocenters. The summed E-state index contributed by atoms with van der Waals surface area (Å²) in [6.07, 6.45) is 0. The van der Waals surface area contributed by atoms with Crippen LogP contribution >= 0.6 is 46.4 Å². The number of nitro benzene ring substituents is 2. The lowest BCUT2D eigenvalue weighted by atomic mass is 10.2. The van der Waals surface area contributed by atoms with E-state index in [4.69, 9.17) is 55.3 Å². The van der Waals surface area contributed by atoms with Gasteiger partial charge in [0.25, 0.3) is 11.4 Å². The summed E-state index contributed by atoms with van der Waals surface area (Å²) in [7, 11) is -2.84. The van der Waals surface area contributed by atoms with Crippen LogP contribution in [-0.4, -0.2) is 18.4 Å². The van der Waals surface area contributed by atoms with Crippen molar-refractivity contribution in [2.45, 2.75) is 26.3 Å². The molecule has 0 spiro atoms. The number of hydrogen-bond acceptors (Lipinski definition) is 6. The van der Waals surface area contributed by atoms with Crippen LogP contribution in [0, 0.1) is 20.2 Å². The molecule has 156 valence electrons. The first-order valence-corrected chi connectivity index (χ1v) is 12.3. The maximum absolute atomic E-state index is 11.2. The van der Waals surface area contributed by atoms with E-state index in [1.54, 1.807) is 13.1 Å². The third kappa shape index (κ3) is 6.26. The zero-order valence-corrected chi connectivity index (χ0v) is 19.1. The van der Waals surface area contributed by atoms with Gasteiger partial charge >= 0.3 is 8.56 Å². The summed E-state index contributed by atoms with van der Waals surface area (Å²) >= 11 is 23.5. The molecule has 0 aliphatic heterocycles. The Morgan fingerprint density at radius 3 is 1.38 bits per heavy atom. The molecule has 2 rings (SSSR count). The molecule has 0 N–H and O–H groups in total. The van der Waals surface area contributed by atoms with Gasteiger partial charge in [0.2, 0.25) is 0 Å². The van der Waals surface area contributed by atoms with Gasteiger partial charge in [0.05, 0.1) is 54.3 Å². The topological polar surface area (TPSA) is 105 Å². The number of nitrogens with zero attached hydrogens (tertiary/aromatic N) is 2. The molecule has 0 aromatic heterocycles.